The summed E-state index contributed by atoms with van der Waals surface area (Å²) < 4.78 is 2.17. The summed E-state index contributed by atoms with van der Waals surface area (Å²) in [7, 11) is 6.18. The van der Waals surface area contributed by atoms with Gasteiger partial charge in [-0.15, -0.1) is 12.4 Å². The number of nitrogens with zero attached hydrogens (tertiary/aromatic N) is 3. The average molecular weight is 269 g/mol. The minimum Gasteiger partial charge on any atom is -0.330 e. The first-order valence-corrected chi connectivity index (χ1v) is 5.96. The van der Waals surface area contributed by atoms with E-state index < -0.39 is 0 Å². The van der Waals surface area contributed by atoms with Crippen molar-refractivity contribution >= 4 is 23.4 Å². The number of para-hydroxylation sites is 2. The molecule has 5 heteroatoms. The second-order valence-corrected chi connectivity index (χ2v) is 4.42. The molecule has 0 aliphatic carbocycles. The highest BCUT2D eigenvalue weighted by Gasteiger charge is 2.08. The van der Waals surface area contributed by atoms with Crippen molar-refractivity contribution in [2.45, 2.75) is 6.54 Å². The fourth-order valence-corrected chi connectivity index (χ4v) is 1.96. The van der Waals surface area contributed by atoms with Gasteiger partial charge in [-0.2, -0.15) is 0 Å². The molecule has 0 unspecified atom stereocenters. The van der Waals surface area contributed by atoms with E-state index in [9.17, 15) is 0 Å². The summed E-state index contributed by atoms with van der Waals surface area (Å²) in [5, 5.41) is 3.16. The summed E-state index contributed by atoms with van der Waals surface area (Å²) >= 11 is 0. The van der Waals surface area contributed by atoms with Gasteiger partial charge in [0.1, 0.15) is 5.82 Å². The van der Waals surface area contributed by atoms with Crippen LogP contribution in [0.4, 0.5) is 0 Å². The van der Waals surface area contributed by atoms with Crippen LogP contribution in [-0.4, -0.2) is 41.6 Å². The van der Waals surface area contributed by atoms with E-state index >= 15 is 0 Å². The van der Waals surface area contributed by atoms with Crippen LogP contribution in [0, 0.1) is 0 Å². The van der Waals surface area contributed by atoms with E-state index in [-0.39, 0.29) is 12.4 Å². The first-order valence-electron chi connectivity index (χ1n) is 5.96. The number of imidazole rings is 1. The zero-order valence-electron chi connectivity index (χ0n) is 11.2. The van der Waals surface area contributed by atoms with Crippen LogP contribution in [0.5, 0.6) is 0 Å². The van der Waals surface area contributed by atoms with Gasteiger partial charge < -0.3 is 9.88 Å². The van der Waals surface area contributed by atoms with Crippen molar-refractivity contribution in [1.82, 2.24) is 19.8 Å². The van der Waals surface area contributed by atoms with Crippen LogP contribution in [-0.2, 0) is 13.6 Å². The zero-order chi connectivity index (χ0) is 12.3. The average Bonchev–Trinajstić information content (AvgIpc) is 2.64. The Bertz CT molecular complexity index is 495. The molecule has 1 aromatic heterocycles. The quantitative estimate of drug-likeness (QED) is 0.895. The van der Waals surface area contributed by atoms with E-state index in [1.807, 2.05) is 13.1 Å². The Kier molecular flexibility index (Phi) is 5.59. The van der Waals surface area contributed by atoms with Crippen molar-refractivity contribution in [2.24, 2.45) is 7.05 Å². The topological polar surface area (TPSA) is 33.1 Å². The van der Waals surface area contributed by atoms with Gasteiger partial charge in [0, 0.05) is 20.1 Å². The number of aryl methyl sites for hydroxylation is 1. The lowest BCUT2D eigenvalue weighted by atomic mass is 10.3. The Balaban J connectivity index is 0.00000162. The highest BCUT2D eigenvalue weighted by Crippen LogP contribution is 2.14. The number of fused-ring (bicyclic) bond motifs is 1. The summed E-state index contributed by atoms with van der Waals surface area (Å²) in [4.78, 5) is 6.94. The monoisotopic (exact) mass is 268 g/mol. The van der Waals surface area contributed by atoms with Gasteiger partial charge in [-0.3, -0.25) is 4.90 Å². The number of hydrogen-bond acceptors (Lipinski definition) is 3. The summed E-state index contributed by atoms with van der Waals surface area (Å²) in [6.07, 6.45) is 0. The molecule has 100 valence electrons. The molecule has 0 saturated carbocycles. The molecule has 4 nitrogen and oxygen atoms in total. The molecule has 0 spiro atoms. The molecule has 2 rings (SSSR count). The zero-order valence-corrected chi connectivity index (χ0v) is 12.0. The molecular formula is C13H21ClN4. The maximum absolute atomic E-state index is 4.66. The third kappa shape index (κ3) is 3.22. The summed E-state index contributed by atoms with van der Waals surface area (Å²) in [5.41, 5.74) is 2.27. The Morgan fingerprint density at radius 3 is 2.72 bits per heavy atom. The van der Waals surface area contributed by atoms with Crippen molar-refractivity contribution in [2.75, 3.05) is 27.2 Å². The molecule has 1 N–H and O–H groups in total. The molecule has 0 aliphatic heterocycles. The number of likely N-dealkylation sites (N-methyl/N-ethyl adjacent to an activating group) is 2. The van der Waals surface area contributed by atoms with E-state index in [1.54, 1.807) is 0 Å². The standard InChI is InChI=1S/C13H20N4.ClH/c1-14-8-9-16(2)10-13-15-11-6-4-5-7-12(11)17(13)3;/h4-7,14H,8-10H2,1-3H3;1H. The lowest BCUT2D eigenvalue weighted by Crippen LogP contribution is -2.27. The van der Waals surface area contributed by atoms with Crippen molar-refractivity contribution in [3.05, 3.63) is 30.1 Å². The second kappa shape index (κ2) is 6.73. The van der Waals surface area contributed by atoms with Crippen LogP contribution in [0.1, 0.15) is 5.82 Å². The number of halogens is 1. The van der Waals surface area contributed by atoms with Gasteiger partial charge in [0.15, 0.2) is 0 Å². The molecule has 0 saturated heterocycles. The van der Waals surface area contributed by atoms with Crippen molar-refractivity contribution in [3.8, 4) is 0 Å². The van der Waals surface area contributed by atoms with Gasteiger partial charge in [-0.1, -0.05) is 12.1 Å². The van der Waals surface area contributed by atoms with Gasteiger partial charge in [-0.05, 0) is 26.2 Å². The second-order valence-electron chi connectivity index (χ2n) is 4.42. The number of benzene rings is 1. The molecule has 1 aromatic carbocycles. The molecule has 0 atom stereocenters. The summed E-state index contributed by atoms with van der Waals surface area (Å²) in [6.45, 7) is 2.91. The van der Waals surface area contributed by atoms with Crippen LogP contribution in [0.2, 0.25) is 0 Å². The molecule has 0 aliphatic rings. The molecular weight excluding hydrogens is 248 g/mol. The normalized spacial score (nSPS) is 10.9. The maximum Gasteiger partial charge on any atom is 0.123 e. The summed E-state index contributed by atoms with van der Waals surface area (Å²) in [5.74, 6) is 1.12. The highest BCUT2D eigenvalue weighted by atomic mass is 35.5. The van der Waals surface area contributed by atoms with Crippen LogP contribution in [0.25, 0.3) is 11.0 Å². The third-order valence-electron chi connectivity index (χ3n) is 3.03. The van der Waals surface area contributed by atoms with Gasteiger partial charge >= 0.3 is 0 Å². The Morgan fingerprint density at radius 1 is 1.33 bits per heavy atom. The Labute approximate surface area is 114 Å². The van der Waals surface area contributed by atoms with Gasteiger partial charge in [-0.25, -0.2) is 4.98 Å². The predicted molar refractivity (Wildman–Crippen MR) is 78.2 cm³/mol. The minimum atomic E-state index is 0. The largest absolute Gasteiger partial charge is 0.330 e. The van der Waals surface area contributed by atoms with Crippen molar-refractivity contribution < 1.29 is 0 Å². The van der Waals surface area contributed by atoms with Crippen LogP contribution in [0.15, 0.2) is 24.3 Å². The molecule has 0 fully saturated rings. The smallest absolute Gasteiger partial charge is 0.123 e. The SMILES string of the molecule is CNCCN(C)Cc1nc2ccccc2n1C.Cl. The van der Waals surface area contributed by atoms with E-state index in [2.05, 4.69) is 52.1 Å². The fraction of sp³-hybridized carbons (Fsp3) is 0.462. The van der Waals surface area contributed by atoms with E-state index in [1.165, 1.54) is 5.52 Å². The third-order valence-corrected chi connectivity index (χ3v) is 3.03. The first-order chi connectivity index (χ1) is 8.22. The van der Waals surface area contributed by atoms with E-state index in [0.717, 1.165) is 31.0 Å². The molecule has 0 bridgehead atoms. The Morgan fingerprint density at radius 2 is 2.06 bits per heavy atom. The van der Waals surface area contributed by atoms with E-state index in [0.29, 0.717) is 0 Å². The van der Waals surface area contributed by atoms with Crippen molar-refractivity contribution in [3.63, 3.8) is 0 Å². The lowest BCUT2D eigenvalue weighted by molar-refractivity contribution is 0.317. The maximum atomic E-state index is 4.66. The molecule has 0 amide bonds. The fourth-order valence-electron chi connectivity index (χ4n) is 1.96. The van der Waals surface area contributed by atoms with Crippen LogP contribution >= 0.6 is 12.4 Å². The van der Waals surface area contributed by atoms with Gasteiger partial charge in [0.05, 0.1) is 17.6 Å². The molecule has 1 heterocycles. The van der Waals surface area contributed by atoms with E-state index in [4.69, 9.17) is 0 Å². The minimum absolute atomic E-state index is 0. The number of nitrogens with one attached hydrogen (secondary N) is 1. The first kappa shape index (κ1) is 15.0. The lowest BCUT2D eigenvalue weighted by Gasteiger charge is -2.15. The van der Waals surface area contributed by atoms with Crippen LogP contribution in [0.3, 0.4) is 0 Å². The number of rotatable bonds is 5. The predicted octanol–water partition coefficient (Wildman–Crippen LogP) is 1.65. The van der Waals surface area contributed by atoms with Gasteiger partial charge in [0.2, 0.25) is 0 Å². The van der Waals surface area contributed by atoms with Gasteiger partial charge in [0.25, 0.3) is 0 Å². The Hall–Kier alpha value is -1.10. The summed E-state index contributed by atoms with van der Waals surface area (Å²) in [6, 6.07) is 8.26. The number of hydrogen-bond donors (Lipinski definition) is 1. The number of aromatic nitrogens is 2. The molecule has 18 heavy (non-hydrogen) atoms. The molecule has 0 radical (unpaired) electrons. The van der Waals surface area contributed by atoms with Crippen LogP contribution < -0.4 is 5.32 Å². The van der Waals surface area contributed by atoms with Crippen molar-refractivity contribution in [1.29, 1.82) is 0 Å². The highest BCUT2D eigenvalue weighted by molar-refractivity contribution is 5.85. The molecule has 2 aromatic rings.